The lowest BCUT2D eigenvalue weighted by atomic mass is 10.00. The van der Waals surface area contributed by atoms with Crippen LogP contribution in [0.25, 0.3) is 0 Å². The van der Waals surface area contributed by atoms with Crippen molar-refractivity contribution in [3.63, 3.8) is 0 Å². The predicted octanol–water partition coefficient (Wildman–Crippen LogP) is 2.06. The molecule has 2 rings (SSSR count). The van der Waals surface area contributed by atoms with Crippen LogP contribution in [0.5, 0.6) is 5.75 Å². The highest BCUT2D eigenvalue weighted by atomic mass is 16.5. The molecule has 1 heterocycles. The number of rotatable bonds is 1. The second-order valence-corrected chi connectivity index (χ2v) is 3.63. The molecular weight excluding hydrogens is 164 g/mol. The highest BCUT2D eigenvalue weighted by Gasteiger charge is 2.22. The van der Waals surface area contributed by atoms with E-state index in [0.717, 1.165) is 17.7 Å². The van der Waals surface area contributed by atoms with Crippen molar-refractivity contribution < 1.29 is 9.84 Å². The number of fused-ring (bicyclic) bond motifs is 1. The van der Waals surface area contributed by atoms with Gasteiger partial charge >= 0.3 is 0 Å². The first-order valence-corrected chi connectivity index (χ1v) is 4.65. The fourth-order valence-corrected chi connectivity index (χ4v) is 1.85. The van der Waals surface area contributed by atoms with Gasteiger partial charge in [0.25, 0.3) is 0 Å². The van der Waals surface area contributed by atoms with Crippen molar-refractivity contribution in [2.45, 2.75) is 32.5 Å². The zero-order valence-electron chi connectivity index (χ0n) is 7.95. The van der Waals surface area contributed by atoms with Gasteiger partial charge in [0.2, 0.25) is 0 Å². The largest absolute Gasteiger partial charge is 0.490 e. The number of ether oxygens (including phenoxy) is 1. The Kier molecular flexibility index (Phi) is 2.00. The molecule has 13 heavy (non-hydrogen) atoms. The maximum absolute atomic E-state index is 9.52. The molecule has 0 amide bonds. The van der Waals surface area contributed by atoms with Crippen LogP contribution in [0.15, 0.2) is 18.2 Å². The smallest absolute Gasteiger partial charge is 0.123 e. The van der Waals surface area contributed by atoms with Crippen molar-refractivity contribution in [3.8, 4) is 5.75 Å². The molecular formula is C11H14O2. The van der Waals surface area contributed by atoms with Crippen molar-refractivity contribution in [1.29, 1.82) is 0 Å². The van der Waals surface area contributed by atoms with E-state index in [1.807, 2.05) is 25.1 Å². The van der Waals surface area contributed by atoms with Crippen LogP contribution in [0.1, 0.15) is 31.1 Å². The molecule has 1 N–H and O–H groups in total. The standard InChI is InChI=1S/C11H14O2/c1-7-6-10-9(8(2)12)4-3-5-11(10)13-7/h3-5,7-8,12H,6H2,1-2H3. The first kappa shape index (κ1) is 8.57. The topological polar surface area (TPSA) is 29.5 Å². The summed E-state index contributed by atoms with van der Waals surface area (Å²) in [4.78, 5) is 0. The minimum atomic E-state index is -0.399. The summed E-state index contributed by atoms with van der Waals surface area (Å²) in [7, 11) is 0. The Labute approximate surface area is 78.2 Å². The number of benzene rings is 1. The van der Waals surface area contributed by atoms with Crippen LogP contribution >= 0.6 is 0 Å². The lowest BCUT2D eigenvalue weighted by Crippen LogP contribution is -2.05. The molecule has 0 radical (unpaired) electrons. The highest BCUT2D eigenvalue weighted by Crippen LogP contribution is 2.33. The third-order valence-corrected chi connectivity index (χ3v) is 2.44. The first-order chi connectivity index (χ1) is 6.18. The molecule has 0 saturated heterocycles. The summed E-state index contributed by atoms with van der Waals surface area (Å²) in [6.07, 6.45) is 0.759. The van der Waals surface area contributed by atoms with E-state index in [9.17, 15) is 5.11 Å². The highest BCUT2D eigenvalue weighted by molar-refractivity contribution is 5.44. The molecule has 0 aliphatic carbocycles. The fourth-order valence-electron chi connectivity index (χ4n) is 1.85. The lowest BCUT2D eigenvalue weighted by Gasteiger charge is -2.08. The van der Waals surface area contributed by atoms with Crippen LogP contribution in [-0.2, 0) is 6.42 Å². The molecule has 1 aromatic rings. The Morgan fingerprint density at radius 2 is 2.31 bits per heavy atom. The maximum atomic E-state index is 9.52. The maximum Gasteiger partial charge on any atom is 0.123 e. The van der Waals surface area contributed by atoms with Gasteiger partial charge in [-0.1, -0.05) is 12.1 Å². The zero-order valence-corrected chi connectivity index (χ0v) is 7.95. The molecule has 2 atom stereocenters. The van der Waals surface area contributed by atoms with E-state index >= 15 is 0 Å². The van der Waals surface area contributed by atoms with E-state index in [1.165, 1.54) is 5.56 Å². The number of aliphatic hydroxyl groups is 1. The van der Waals surface area contributed by atoms with Gasteiger partial charge in [-0.15, -0.1) is 0 Å². The molecule has 0 aromatic heterocycles. The third-order valence-electron chi connectivity index (χ3n) is 2.44. The molecule has 2 nitrogen and oxygen atoms in total. The van der Waals surface area contributed by atoms with Gasteiger partial charge in [0.1, 0.15) is 11.9 Å². The number of hydrogen-bond acceptors (Lipinski definition) is 2. The summed E-state index contributed by atoms with van der Waals surface area (Å²) in [5.41, 5.74) is 2.17. The van der Waals surface area contributed by atoms with Gasteiger partial charge in [0.15, 0.2) is 0 Å². The molecule has 1 aromatic carbocycles. The molecule has 0 spiro atoms. The molecule has 2 heteroatoms. The summed E-state index contributed by atoms with van der Waals surface area (Å²) in [6.45, 7) is 3.84. The van der Waals surface area contributed by atoms with Crippen LogP contribution in [0, 0.1) is 0 Å². The Morgan fingerprint density at radius 1 is 1.54 bits per heavy atom. The van der Waals surface area contributed by atoms with Crippen molar-refractivity contribution in [1.82, 2.24) is 0 Å². The van der Waals surface area contributed by atoms with Gasteiger partial charge in [-0.25, -0.2) is 0 Å². The van der Waals surface area contributed by atoms with Gasteiger partial charge < -0.3 is 9.84 Å². The van der Waals surface area contributed by atoms with Crippen LogP contribution in [-0.4, -0.2) is 11.2 Å². The fraction of sp³-hybridized carbons (Fsp3) is 0.455. The second kappa shape index (κ2) is 3.04. The quantitative estimate of drug-likeness (QED) is 0.713. The number of aliphatic hydroxyl groups excluding tert-OH is 1. The van der Waals surface area contributed by atoms with Crippen molar-refractivity contribution >= 4 is 0 Å². The molecule has 1 aliphatic heterocycles. The van der Waals surface area contributed by atoms with Crippen LogP contribution in [0.3, 0.4) is 0 Å². The molecule has 0 fully saturated rings. The Balaban J connectivity index is 2.45. The SMILES string of the molecule is CC1Cc2c(cccc2C(C)O)O1. The summed E-state index contributed by atoms with van der Waals surface area (Å²) in [6, 6.07) is 5.86. The average molecular weight is 178 g/mol. The summed E-state index contributed by atoms with van der Waals surface area (Å²) < 4.78 is 5.59. The second-order valence-electron chi connectivity index (χ2n) is 3.63. The average Bonchev–Trinajstić information content (AvgIpc) is 2.43. The molecule has 1 aliphatic rings. The van der Waals surface area contributed by atoms with Crippen LogP contribution in [0.4, 0.5) is 0 Å². The summed E-state index contributed by atoms with van der Waals surface area (Å²) >= 11 is 0. The molecule has 70 valence electrons. The molecule has 2 unspecified atom stereocenters. The minimum Gasteiger partial charge on any atom is -0.490 e. The zero-order chi connectivity index (χ0) is 9.42. The van der Waals surface area contributed by atoms with E-state index in [-0.39, 0.29) is 6.10 Å². The minimum absolute atomic E-state index is 0.245. The molecule has 0 bridgehead atoms. The van der Waals surface area contributed by atoms with E-state index in [1.54, 1.807) is 6.92 Å². The molecule has 0 saturated carbocycles. The van der Waals surface area contributed by atoms with Gasteiger partial charge in [-0.2, -0.15) is 0 Å². The van der Waals surface area contributed by atoms with Crippen molar-refractivity contribution in [3.05, 3.63) is 29.3 Å². The summed E-state index contributed by atoms with van der Waals surface area (Å²) in [5, 5.41) is 9.52. The van der Waals surface area contributed by atoms with E-state index in [2.05, 4.69) is 0 Å². The monoisotopic (exact) mass is 178 g/mol. The Morgan fingerprint density at radius 3 is 3.00 bits per heavy atom. The van der Waals surface area contributed by atoms with Crippen molar-refractivity contribution in [2.75, 3.05) is 0 Å². The van der Waals surface area contributed by atoms with Gasteiger partial charge in [0.05, 0.1) is 6.10 Å². The van der Waals surface area contributed by atoms with Gasteiger partial charge in [-0.3, -0.25) is 0 Å². The normalized spacial score (nSPS) is 22.2. The lowest BCUT2D eigenvalue weighted by molar-refractivity contribution is 0.198. The first-order valence-electron chi connectivity index (χ1n) is 4.65. The third kappa shape index (κ3) is 1.42. The van der Waals surface area contributed by atoms with Gasteiger partial charge in [-0.05, 0) is 25.5 Å². The number of hydrogen-bond donors (Lipinski definition) is 1. The van der Waals surface area contributed by atoms with E-state index in [4.69, 9.17) is 4.74 Å². The van der Waals surface area contributed by atoms with E-state index in [0.29, 0.717) is 0 Å². The van der Waals surface area contributed by atoms with Gasteiger partial charge in [0, 0.05) is 12.0 Å². The summed E-state index contributed by atoms with van der Waals surface area (Å²) in [5.74, 6) is 0.936. The van der Waals surface area contributed by atoms with E-state index < -0.39 is 6.10 Å². The Bertz CT molecular complexity index is 318. The van der Waals surface area contributed by atoms with Crippen molar-refractivity contribution in [2.24, 2.45) is 0 Å². The van der Waals surface area contributed by atoms with Crippen LogP contribution < -0.4 is 4.74 Å². The predicted molar refractivity (Wildman–Crippen MR) is 50.9 cm³/mol. The Hall–Kier alpha value is -1.02. The van der Waals surface area contributed by atoms with Crippen LogP contribution in [0.2, 0.25) is 0 Å².